The predicted octanol–water partition coefficient (Wildman–Crippen LogP) is 1.67. The number of ether oxygens (including phenoxy) is 2. The Hall–Kier alpha value is -1.20. The molecule has 2 bridgehead atoms. The Morgan fingerprint density at radius 3 is 2.76 bits per heavy atom. The van der Waals surface area contributed by atoms with Crippen LogP contribution in [0.4, 0.5) is 8.78 Å². The minimum atomic E-state index is -3.16. The van der Waals surface area contributed by atoms with Crippen LogP contribution in [-0.2, 0) is 19.1 Å². The first-order valence-electron chi connectivity index (χ1n) is 5.51. The number of carbonyl (C=O) groups is 2. The molecule has 0 radical (unpaired) electrons. The third kappa shape index (κ3) is 1.79. The monoisotopic (exact) mass is 248 g/mol. The minimum Gasteiger partial charge on any atom is -0.455 e. The van der Waals surface area contributed by atoms with Gasteiger partial charge < -0.3 is 9.47 Å². The summed E-state index contributed by atoms with van der Waals surface area (Å²) < 4.78 is 34.5. The largest absolute Gasteiger partial charge is 0.455 e. The molecule has 0 aromatic carbocycles. The Morgan fingerprint density at radius 2 is 2.18 bits per heavy atom. The van der Waals surface area contributed by atoms with E-state index in [0.717, 1.165) is 0 Å². The van der Waals surface area contributed by atoms with Crippen molar-refractivity contribution in [1.29, 1.82) is 0 Å². The highest BCUT2D eigenvalue weighted by atomic mass is 19.3. The fourth-order valence-electron chi connectivity index (χ4n) is 2.58. The first kappa shape index (κ1) is 12.3. The maximum Gasteiger partial charge on any atom is 0.374 e. The molecular formula is C11H14F2O4. The third-order valence-corrected chi connectivity index (χ3v) is 3.89. The second-order valence-corrected chi connectivity index (χ2v) is 5.04. The predicted molar refractivity (Wildman–Crippen MR) is 52.3 cm³/mol. The number of halogens is 2. The van der Waals surface area contributed by atoms with Gasteiger partial charge in [0.15, 0.2) is 0 Å². The Labute approximate surface area is 97.3 Å². The lowest BCUT2D eigenvalue weighted by Gasteiger charge is -2.43. The van der Waals surface area contributed by atoms with E-state index < -0.39 is 23.6 Å². The summed E-state index contributed by atoms with van der Waals surface area (Å²) in [5.41, 5.74) is -2.15. The molecule has 0 aromatic heterocycles. The van der Waals surface area contributed by atoms with Crippen LogP contribution in [0.2, 0.25) is 0 Å². The van der Waals surface area contributed by atoms with Crippen LogP contribution in [0, 0.1) is 5.92 Å². The Kier molecular flexibility index (Phi) is 2.63. The van der Waals surface area contributed by atoms with Crippen LogP contribution >= 0.6 is 0 Å². The van der Waals surface area contributed by atoms with Crippen LogP contribution < -0.4 is 0 Å². The summed E-state index contributed by atoms with van der Waals surface area (Å²) in [5, 5.41) is 0. The second-order valence-electron chi connectivity index (χ2n) is 5.04. The van der Waals surface area contributed by atoms with Crippen LogP contribution in [0.15, 0.2) is 0 Å². The molecule has 2 fully saturated rings. The quantitative estimate of drug-likeness (QED) is 0.697. The number of carbonyl (C=O) groups excluding carboxylic acids is 2. The van der Waals surface area contributed by atoms with Gasteiger partial charge in [0.1, 0.15) is 11.2 Å². The molecule has 6 heteroatoms. The van der Waals surface area contributed by atoms with Gasteiger partial charge in [-0.25, -0.2) is 4.79 Å². The average molecular weight is 248 g/mol. The summed E-state index contributed by atoms with van der Waals surface area (Å²) in [6, 6.07) is 0. The highest BCUT2D eigenvalue weighted by Crippen LogP contribution is 2.50. The van der Waals surface area contributed by atoms with E-state index in [2.05, 4.69) is 0 Å². The molecule has 0 amide bonds. The first-order valence-corrected chi connectivity index (χ1v) is 5.51. The maximum atomic E-state index is 12.2. The number of rotatable bonds is 2. The molecule has 1 aliphatic heterocycles. The number of hydrogen-bond donors (Lipinski definition) is 0. The van der Waals surface area contributed by atoms with Crippen molar-refractivity contribution in [2.45, 2.75) is 50.7 Å². The maximum absolute atomic E-state index is 12.2. The molecule has 4 nitrogen and oxygen atoms in total. The third-order valence-electron chi connectivity index (χ3n) is 3.89. The Bertz CT molecular complexity index is 370. The molecule has 17 heavy (non-hydrogen) atoms. The molecule has 1 saturated heterocycles. The fourth-order valence-corrected chi connectivity index (χ4v) is 2.58. The van der Waals surface area contributed by atoms with Gasteiger partial charge in [-0.1, -0.05) is 0 Å². The molecular weight excluding hydrogens is 234 g/mol. The van der Waals surface area contributed by atoms with Crippen LogP contribution in [0.1, 0.15) is 33.1 Å². The Balaban J connectivity index is 2.20. The first-order chi connectivity index (χ1) is 7.77. The van der Waals surface area contributed by atoms with Crippen LogP contribution in [0.25, 0.3) is 0 Å². The zero-order valence-corrected chi connectivity index (χ0v) is 9.66. The van der Waals surface area contributed by atoms with Gasteiger partial charge in [-0.15, -0.1) is 0 Å². The van der Waals surface area contributed by atoms with Crippen molar-refractivity contribution in [2.24, 2.45) is 5.92 Å². The van der Waals surface area contributed by atoms with Gasteiger partial charge in [-0.2, -0.15) is 8.78 Å². The summed E-state index contributed by atoms with van der Waals surface area (Å²) in [6.45, 7) is 3.17. The number of hydrogen-bond acceptors (Lipinski definition) is 4. The molecule has 1 aliphatic carbocycles. The van der Waals surface area contributed by atoms with Crippen molar-refractivity contribution >= 4 is 11.9 Å². The zero-order valence-electron chi connectivity index (χ0n) is 9.66. The van der Waals surface area contributed by atoms with E-state index in [0.29, 0.717) is 19.3 Å². The highest BCUT2D eigenvalue weighted by Gasteiger charge is 2.61. The van der Waals surface area contributed by atoms with Crippen molar-refractivity contribution in [2.75, 3.05) is 0 Å². The van der Waals surface area contributed by atoms with Gasteiger partial charge in [0.05, 0.1) is 5.92 Å². The summed E-state index contributed by atoms with van der Waals surface area (Å²) in [4.78, 5) is 22.5. The lowest BCUT2D eigenvalue weighted by atomic mass is 9.71. The second kappa shape index (κ2) is 3.65. The molecule has 0 spiro atoms. The standard InChI is InChI=1S/C11H14F2O4/c1-10(17-9(15)7(12)13)4-3-6-5-11(10,2)16-8(6)14/h6-7H,3-5H2,1-2H3. The normalized spacial score (nSPS) is 40.3. The molecule has 3 atom stereocenters. The lowest BCUT2D eigenvalue weighted by molar-refractivity contribution is -0.205. The molecule has 1 saturated carbocycles. The SMILES string of the molecule is CC1(OC(=O)C(F)F)CCC2CC1(C)OC2=O. The van der Waals surface area contributed by atoms with E-state index >= 15 is 0 Å². The van der Waals surface area contributed by atoms with Crippen molar-refractivity contribution in [3.8, 4) is 0 Å². The zero-order chi connectivity index (χ0) is 12.8. The van der Waals surface area contributed by atoms with E-state index in [-0.39, 0.29) is 11.9 Å². The lowest BCUT2D eigenvalue weighted by Crippen LogP contribution is -2.54. The molecule has 1 heterocycles. The fraction of sp³-hybridized carbons (Fsp3) is 0.818. The van der Waals surface area contributed by atoms with E-state index in [1.165, 1.54) is 0 Å². The van der Waals surface area contributed by atoms with E-state index in [9.17, 15) is 18.4 Å². The summed E-state index contributed by atoms with van der Waals surface area (Å²) in [6.07, 6.45) is -1.89. The van der Waals surface area contributed by atoms with Crippen LogP contribution in [0.3, 0.4) is 0 Å². The topological polar surface area (TPSA) is 52.6 Å². The van der Waals surface area contributed by atoms with Crippen LogP contribution in [0.5, 0.6) is 0 Å². The molecule has 96 valence electrons. The van der Waals surface area contributed by atoms with Crippen molar-refractivity contribution in [3.63, 3.8) is 0 Å². The van der Waals surface area contributed by atoms with E-state index in [1.54, 1.807) is 13.8 Å². The van der Waals surface area contributed by atoms with Gasteiger partial charge in [0.25, 0.3) is 0 Å². The van der Waals surface area contributed by atoms with Gasteiger partial charge >= 0.3 is 18.4 Å². The van der Waals surface area contributed by atoms with E-state index in [4.69, 9.17) is 9.47 Å². The summed E-state index contributed by atoms with van der Waals surface area (Å²) in [5.74, 6) is -2.09. The summed E-state index contributed by atoms with van der Waals surface area (Å²) >= 11 is 0. The smallest absolute Gasteiger partial charge is 0.374 e. The Morgan fingerprint density at radius 1 is 1.53 bits per heavy atom. The minimum absolute atomic E-state index is 0.196. The van der Waals surface area contributed by atoms with Crippen LogP contribution in [-0.4, -0.2) is 29.6 Å². The number of fused-ring (bicyclic) bond motifs is 2. The van der Waals surface area contributed by atoms with Crippen molar-refractivity contribution < 1.29 is 27.8 Å². The average Bonchev–Trinajstić information content (AvgIpc) is 2.47. The summed E-state index contributed by atoms with van der Waals surface area (Å²) in [7, 11) is 0. The number of alkyl halides is 2. The number of esters is 2. The molecule has 3 unspecified atom stereocenters. The van der Waals surface area contributed by atoms with Gasteiger partial charge in [0, 0.05) is 6.42 Å². The highest BCUT2D eigenvalue weighted by molar-refractivity contribution is 5.77. The van der Waals surface area contributed by atoms with E-state index in [1.807, 2.05) is 0 Å². The molecule has 0 N–H and O–H groups in total. The molecule has 2 aliphatic rings. The van der Waals surface area contributed by atoms with Gasteiger partial charge in [-0.3, -0.25) is 4.79 Å². The van der Waals surface area contributed by atoms with Gasteiger partial charge in [0.2, 0.25) is 0 Å². The molecule has 2 rings (SSSR count). The van der Waals surface area contributed by atoms with Crippen molar-refractivity contribution in [1.82, 2.24) is 0 Å². The van der Waals surface area contributed by atoms with Crippen molar-refractivity contribution in [3.05, 3.63) is 0 Å². The van der Waals surface area contributed by atoms with Gasteiger partial charge in [-0.05, 0) is 26.7 Å². The molecule has 0 aromatic rings.